The summed E-state index contributed by atoms with van der Waals surface area (Å²) >= 11 is 9.45. The molecule has 1 aliphatic carbocycles. The van der Waals surface area contributed by atoms with E-state index in [0.717, 1.165) is 22.9 Å². The summed E-state index contributed by atoms with van der Waals surface area (Å²) in [6, 6.07) is 6.13. The summed E-state index contributed by atoms with van der Waals surface area (Å²) < 4.78 is 24.3. The second-order valence-corrected chi connectivity index (χ2v) is 12.0. The topological polar surface area (TPSA) is 104 Å². The number of carbonyl (C=O) groups is 2. The van der Waals surface area contributed by atoms with Gasteiger partial charge in [0, 0.05) is 53.5 Å². The Morgan fingerprint density at radius 3 is 2.46 bits per heavy atom. The molecule has 3 aromatic rings. The number of benzene rings is 2. The number of aliphatic carboxylic acids is 1. The number of piperazine rings is 1. The quantitative estimate of drug-likeness (QED) is 0.361. The number of nitrogens with zero attached hydrogens (tertiary/aromatic N) is 3. The number of carboxylic acids is 1. The molecule has 2 heterocycles. The standard InChI is InChI=1S/C29H31BrClFN4O5/c1-15-11-34(12-16(2)35(15)14-24(37)38)26-23(32)9-20-25(28(26)41-3)36(19-6-7-19)13-21(27(20)39)29(40)33-10-17-4-5-18(31)8-22(17)30/h4-5,8-9,13,15-16,19H,6-7,10-12,14H2,1-3H3,(H,33,40)(H,37,38)/t15-,16+. The number of hydrogen-bond acceptors (Lipinski definition) is 6. The number of aromatic nitrogens is 1. The molecule has 9 nitrogen and oxygen atoms in total. The van der Waals surface area contributed by atoms with Gasteiger partial charge in [0.2, 0.25) is 5.43 Å². The summed E-state index contributed by atoms with van der Waals surface area (Å²) in [5.74, 6) is -1.89. The van der Waals surface area contributed by atoms with Crippen LogP contribution in [0.5, 0.6) is 5.75 Å². The normalized spacial score (nSPS) is 19.4. The fraction of sp³-hybridized carbons (Fsp3) is 0.414. The van der Waals surface area contributed by atoms with Gasteiger partial charge in [-0.25, -0.2) is 4.39 Å². The zero-order valence-electron chi connectivity index (χ0n) is 22.9. The molecule has 1 aliphatic heterocycles. The average Bonchev–Trinajstić information content (AvgIpc) is 3.75. The van der Waals surface area contributed by atoms with Gasteiger partial charge in [-0.1, -0.05) is 33.6 Å². The van der Waals surface area contributed by atoms with Crippen LogP contribution in [0.15, 0.2) is 39.7 Å². The van der Waals surface area contributed by atoms with E-state index in [2.05, 4.69) is 21.2 Å². The van der Waals surface area contributed by atoms with Crippen molar-refractivity contribution in [1.82, 2.24) is 14.8 Å². The van der Waals surface area contributed by atoms with Gasteiger partial charge >= 0.3 is 5.97 Å². The van der Waals surface area contributed by atoms with Crippen LogP contribution in [0, 0.1) is 5.82 Å². The van der Waals surface area contributed by atoms with Crippen molar-refractivity contribution in [2.45, 2.75) is 51.4 Å². The highest BCUT2D eigenvalue weighted by Gasteiger charge is 2.36. The van der Waals surface area contributed by atoms with E-state index < -0.39 is 23.1 Å². The fourth-order valence-corrected chi connectivity index (χ4v) is 6.50. The third-order valence-electron chi connectivity index (χ3n) is 7.78. The van der Waals surface area contributed by atoms with E-state index in [1.54, 1.807) is 24.4 Å². The number of hydrogen-bond donors (Lipinski definition) is 2. The second kappa shape index (κ2) is 11.6. The Kier molecular flexibility index (Phi) is 8.31. The van der Waals surface area contributed by atoms with Crippen LogP contribution in [0.3, 0.4) is 0 Å². The lowest BCUT2D eigenvalue weighted by atomic mass is 10.0. The highest BCUT2D eigenvalue weighted by atomic mass is 79.9. The first-order chi connectivity index (χ1) is 19.5. The first kappa shape index (κ1) is 29.3. The van der Waals surface area contributed by atoms with Crippen molar-refractivity contribution >= 4 is 56.0 Å². The van der Waals surface area contributed by atoms with Gasteiger partial charge < -0.3 is 24.6 Å². The number of pyridine rings is 1. The monoisotopic (exact) mass is 648 g/mol. The first-order valence-corrected chi connectivity index (χ1v) is 14.6. The third-order valence-corrected chi connectivity index (χ3v) is 8.75. The zero-order valence-corrected chi connectivity index (χ0v) is 25.3. The van der Waals surface area contributed by atoms with Crippen molar-refractivity contribution in [3.05, 3.63) is 67.1 Å². The second-order valence-electron chi connectivity index (χ2n) is 10.7. The number of halogens is 3. The number of methoxy groups -OCH3 is 1. The van der Waals surface area contributed by atoms with E-state index >= 15 is 4.39 Å². The van der Waals surface area contributed by atoms with E-state index in [0.29, 0.717) is 23.6 Å². The molecule has 1 saturated heterocycles. The maximum absolute atomic E-state index is 15.9. The van der Waals surface area contributed by atoms with E-state index in [-0.39, 0.29) is 53.6 Å². The molecule has 218 valence electrons. The molecule has 0 radical (unpaired) electrons. The minimum absolute atomic E-state index is 0.0486. The lowest BCUT2D eigenvalue weighted by Crippen LogP contribution is -2.58. The zero-order chi connectivity index (χ0) is 29.6. The van der Waals surface area contributed by atoms with Crippen molar-refractivity contribution in [1.29, 1.82) is 0 Å². The highest BCUT2D eigenvalue weighted by Crippen LogP contribution is 2.44. The molecule has 0 bridgehead atoms. The molecule has 41 heavy (non-hydrogen) atoms. The SMILES string of the molecule is COc1c(N2C[C@@H](C)N(CC(=O)O)[C@@H](C)C2)c(F)cc2c(=O)c(C(=O)NCc3ccc(Cl)cc3Br)cn(C3CC3)c12. The predicted molar refractivity (Wildman–Crippen MR) is 159 cm³/mol. The van der Waals surface area contributed by atoms with Crippen molar-refractivity contribution < 1.29 is 23.8 Å². The Morgan fingerprint density at radius 2 is 1.88 bits per heavy atom. The van der Waals surface area contributed by atoms with Crippen molar-refractivity contribution in [2.75, 3.05) is 31.6 Å². The summed E-state index contributed by atoms with van der Waals surface area (Å²) in [6.07, 6.45) is 3.26. The number of amides is 1. The van der Waals surface area contributed by atoms with Gasteiger partial charge in [-0.3, -0.25) is 19.3 Å². The smallest absolute Gasteiger partial charge is 0.317 e. The number of carboxylic acid groups (broad SMARTS) is 1. The van der Waals surface area contributed by atoms with Crippen molar-refractivity contribution in [2.24, 2.45) is 0 Å². The van der Waals surface area contributed by atoms with Crippen LogP contribution < -0.4 is 20.4 Å². The maximum atomic E-state index is 15.9. The molecule has 2 aliphatic rings. The molecule has 2 atom stereocenters. The van der Waals surface area contributed by atoms with Crippen LogP contribution in [0.25, 0.3) is 10.9 Å². The number of fused-ring (bicyclic) bond motifs is 1. The van der Waals surface area contributed by atoms with Crippen LogP contribution >= 0.6 is 27.5 Å². The Bertz CT molecular complexity index is 1580. The molecule has 2 N–H and O–H groups in total. The van der Waals surface area contributed by atoms with Crippen LogP contribution in [0.2, 0.25) is 5.02 Å². The molecule has 5 rings (SSSR count). The summed E-state index contributed by atoms with van der Waals surface area (Å²) in [5.41, 5.74) is 0.804. The lowest BCUT2D eigenvalue weighted by molar-refractivity contribution is -0.139. The molecular weight excluding hydrogens is 619 g/mol. The fourth-order valence-electron chi connectivity index (χ4n) is 5.68. The molecule has 2 aromatic carbocycles. The molecule has 2 fully saturated rings. The largest absolute Gasteiger partial charge is 0.492 e. The number of carbonyl (C=O) groups excluding carboxylic acids is 1. The van der Waals surface area contributed by atoms with Gasteiger partial charge in [0.1, 0.15) is 11.3 Å². The summed E-state index contributed by atoms with van der Waals surface area (Å²) in [4.78, 5) is 42.0. The number of rotatable bonds is 8. The van der Waals surface area contributed by atoms with Gasteiger partial charge in [0.25, 0.3) is 5.91 Å². The summed E-state index contributed by atoms with van der Waals surface area (Å²) in [6.45, 7) is 4.64. The van der Waals surface area contributed by atoms with E-state index in [9.17, 15) is 19.5 Å². The van der Waals surface area contributed by atoms with Gasteiger partial charge in [0.05, 0.1) is 24.6 Å². The maximum Gasteiger partial charge on any atom is 0.317 e. The molecule has 0 spiro atoms. The summed E-state index contributed by atoms with van der Waals surface area (Å²) in [5, 5.41) is 12.7. The van der Waals surface area contributed by atoms with E-state index in [1.165, 1.54) is 13.2 Å². The van der Waals surface area contributed by atoms with Gasteiger partial charge in [-0.2, -0.15) is 0 Å². The minimum Gasteiger partial charge on any atom is -0.492 e. The molecule has 12 heteroatoms. The van der Waals surface area contributed by atoms with Crippen molar-refractivity contribution in [3.63, 3.8) is 0 Å². The number of ether oxygens (including phenoxy) is 1. The number of nitrogens with one attached hydrogen (secondary N) is 1. The Balaban J connectivity index is 1.54. The number of anilines is 1. The van der Waals surface area contributed by atoms with Gasteiger partial charge in [0.15, 0.2) is 11.6 Å². The van der Waals surface area contributed by atoms with E-state index in [1.807, 2.05) is 28.2 Å². The molecular formula is C29H31BrClFN4O5. The predicted octanol–water partition coefficient (Wildman–Crippen LogP) is 4.81. The average molecular weight is 650 g/mol. The minimum atomic E-state index is -0.916. The van der Waals surface area contributed by atoms with Crippen LogP contribution in [0.4, 0.5) is 10.1 Å². The van der Waals surface area contributed by atoms with E-state index in [4.69, 9.17) is 16.3 Å². The van der Waals surface area contributed by atoms with Crippen LogP contribution in [-0.4, -0.2) is 65.3 Å². The molecule has 1 amide bonds. The highest BCUT2D eigenvalue weighted by molar-refractivity contribution is 9.10. The molecule has 1 aromatic heterocycles. The first-order valence-electron chi connectivity index (χ1n) is 13.4. The van der Waals surface area contributed by atoms with Gasteiger partial charge in [-0.05, 0) is 50.5 Å². The van der Waals surface area contributed by atoms with Gasteiger partial charge in [-0.15, -0.1) is 0 Å². The van der Waals surface area contributed by atoms with Crippen LogP contribution in [0.1, 0.15) is 48.7 Å². The Morgan fingerprint density at radius 1 is 1.20 bits per heavy atom. The Labute approximate surface area is 249 Å². The van der Waals surface area contributed by atoms with Crippen LogP contribution in [-0.2, 0) is 11.3 Å². The van der Waals surface area contributed by atoms with Crippen molar-refractivity contribution in [3.8, 4) is 5.75 Å². The Hall–Kier alpha value is -3.15. The third kappa shape index (κ3) is 5.80. The molecule has 1 saturated carbocycles. The summed E-state index contributed by atoms with van der Waals surface area (Å²) in [7, 11) is 1.44. The lowest BCUT2D eigenvalue weighted by Gasteiger charge is -2.45. The molecule has 0 unspecified atom stereocenters.